The number of nitriles is 1. The highest BCUT2D eigenvalue weighted by Gasteiger charge is 2.25. The Balaban J connectivity index is 1.85. The van der Waals surface area contributed by atoms with Gasteiger partial charge >= 0.3 is 0 Å². The van der Waals surface area contributed by atoms with Crippen LogP contribution in [0.4, 0.5) is 0 Å². The second kappa shape index (κ2) is 7.87. The van der Waals surface area contributed by atoms with Crippen molar-refractivity contribution >= 4 is 0 Å². The van der Waals surface area contributed by atoms with E-state index in [4.69, 9.17) is 0 Å². The van der Waals surface area contributed by atoms with Gasteiger partial charge in [0.2, 0.25) is 0 Å². The zero-order valence-corrected chi connectivity index (χ0v) is 15.6. The highest BCUT2D eigenvalue weighted by atomic mass is 14.3. The van der Waals surface area contributed by atoms with Gasteiger partial charge in [-0.15, -0.1) is 0 Å². The molecule has 0 aromatic heterocycles. The van der Waals surface area contributed by atoms with Crippen LogP contribution in [0.5, 0.6) is 0 Å². The van der Waals surface area contributed by atoms with Crippen LogP contribution in [0.1, 0.15) is 68.6 Å². The van der Waals surface area contributed by atoms with Gasteiger partial charge < -0.3 is 0 Å². The Morgan fingerprint density at radius 2 is 1.88 bits per heavy atom. The minimum Gasteiger partial charge on any atom is -0.192 e. The molecular formula is C24H29N. The maximum atomic E-state index is 9.53. The minimum atomic E-state index is 0.642. The number of hydrogen-bond donors (Lipinski definition) is 0. The Bertz CT molecular complexity index is 734. The molecule has 130 valence electrons. The summed E-state index contributed by atoms with van der Waals surface area (Å²) < 4.78 is 0. The Hall–Kier alpha value is -2.07. The quantitative estimate of drug-likeness (QED) is 0.622. The van der Waals surface area contributed by atoms with Gasteiger partial charge in [0.1, 0.15) is 0 Å². The summed E-state index contributed by atoms with van der Waals surface area (Å²) in [6.07, 6.45) is 13.4. The number of nitrogens with zero attached hydrogens (tertiary/aromatic N) is 1. The van der Waals surface area contributed by atoms with Crippen LogP contribution < -0.4 is 0 Å². The molecule has 0 spiro atoms. The fourth-order valence-electron chi connectivity index (χ4n) is 4.51. The Kier molecular flexibility index (Phi) is 5.59. The molecule has 0 bridgehead atoms. The van der Waals surface area contributed by atoms with E-state index in [1.165, 1.54) is 41.5 Å². The molecule has 1 fully saturated rings. The van der Waals surface area contributed by atoms with Crippen molar-refractivity contribution in [1.29, 1.82) is 5.26 Å². The van der Waals surface area contributed by atoms with Crippen molar-refractivity contribution in [2.75, 3.05) is 0 Å². The molecule has 3 rings (SSSR count). The third-order valence-electron chi connectivity index (χ3n) is 5.70. The number of rotatable bonds is 3. The van der Waals surface area contributed by atoms with Crippen molar-refractivity contribution < 1.29 is 0 Å². The molecular weight excluding hydrogens is 302 g/mol. The lowest BCUT2D eigenvalue weighted by atomic mass is 9.73. The summed E-state index contributed by atoms with van der Waals surface area (Å²) >= 11 is 0. The summed E-state index contributed by atoms with van der Waals surface area (Å²) in [5.74, 6) is 2.24. The third kappa shape index (κ3) is 4.51. The van der Waals surface area contributed by atoms with E-state index in [1.54, 1.807) is 0 Å². The molecule has 0 radical (unpaired) electrons. The molecule has 1 aromatic carbocycles. The van der Waals surface area contributed by atoms with E-state index >= 15 is 0 Å². The second-order valence-electron chi connectivity index (χ2n) is 8.13. The van der Waals surface area contributed by atoms with Gasteiger partial charge in [0.25, 0.3) is 0 Å². The van der Waals surface area contributed by atoms with Crippen molar-refractivity contribution in [2.24, 2.45) is 11.8 Å². The summed E-state index contributed by atoms with van der Waals surface area (Å²) in [5, 5.41) is 9.53. The minimum absolute atomic E-state index is 0.642. The maximum absolute atomic E-state index is 9.53. The van der Waals surface area contributed by atoms with E-state index in [1.807, 2.05) is 6.07 Å². The second-order valence-corrected chi connectivity index (χ2v) is 8.13. The first-order chi connectivity index (χ1) is 12.0. The lowest BCUT2D eigenvalue weighted by Crippen LogP contribution is -2.18. The molecule has 2 aliphatic carbocycles. The van der Waals surface area contributed by atoms with Gasteiger partial charge in [0.15, 0.2) is 0 Å². The van der Waals surface area contributed by atoms with Gasteiger partial charge in [-0.2, -0.15) is 5.26 Å². The van der Waals surface area contributed by atoms with Crippen molar-refractivity contribution in [3.05, 3.63) is 70.8 Å². The van der Waals surface area contributed by atoms with E-state index < -0.39 is 0 Å². The predicted molar refractivity (Wildman–Crippen MR) is 105 cm³/mol. The third-order valence-corrected chi connectivity index (χ3v) is 5.70. The lowest BCUT2D eigenvalue weighted by Gasteiger charge is -2.32. The van der Waals surface area contributed by atoms with Gasteiger partial charge in [0, 0.05) is 0 Å². The maximum Gasteiger partial charge on any atom is 0.0994 e. The summed E-state index contributed by atoms with van der Waals surface area (Å²) in [6.45, 7) is 8.82. The van der Waals surface area contributed by atoms with Crippen LogP contribution >= 0.6 is 0 Å². The van der Waals surface area contributed by atoms with Gasteiger partial charge in [-0.3, -0.25) is 0 Å². The van der Waals surface area contributed by atoms with Crippen LogP contribution in [0.15, 0.2) is 54.2 Å². The van der Waals surface area contributed by atoms with Crippen molar-refractivity contribution in [1.82, 2.24) is 0 Å². The zero-order chi connectivity index (χ0) is 17.8. The van der Waals surface area contributed by atoms with Crippen LogP contribution in [-0.4, -0.2) is 0 Å². The summed E-state index contributed by atoms with van der Waals surface area (Å²) in [4.78, 5) is 0. The highest BCUT2D eigenvalue weighted by Crippen LogP contribution is 2.39. The SMILES string of the molecule is C=C1C=CC(Cc2cc(C3CC(C)CC(C)C3)ccc2C#N)=CCC1. The monoisotopic (exact) mass is 331 g/mol. The van der Waals surface area contributed by atoms with Crippen LogP contribution in [0.25, 0.3) is 0 Å². The fraction of sp³-hybridized carbons (Fsp3) is 0.458. The molecule has 0 aliphatic heterocycles. The molecule has 0 N–H and O–H groups in total. The van der Waals surface area contributed by atoms with Crippen LogP contribution in [0.2, 0.25) is 0 Å². The fourth-order valence-corrected chi connectivity index (χ4v) is 4.51. The van der Waals surface area contributed by atoms with Crippen LogP contribution in [-0.2, 0) is 6.42 Å². The van der Waals surface area contributed by atoms with E-state index in [-0.39, 0.29) is 0 Å². The van der Waals surface area contributed by atoms with Crippen LogP contribution in [0, 0.1) is 23.2 Å². The first-order valence-corrected chi connectivity index (χ1v) is 9.63. The largest absolute Gasteiger partial charge is 0.192 e. The molecule has 25 heavy (non-hydrogen) atoms. The van der Waals surface area contributed by atoms with Crippen molar-refractivity contribution in [2.45, 2.75) is 58.3 Å². The molecule has 2 atom stereocenters. The molecule has 0 heterocycles. The molecule has 0 amide bonds. The van der Waals surface area contributed by atoms with Crippen molar-refractivity contribution in [3.63, 3.8) is 0 Å². The molecule has 1 heteroatoms. The number of hydrogen-bond acceptors (Lipinski definition) is 1. The van der Waals surface area contributed by atoms with Gasteiger partial charge in [-0.1, -0.05) is 56.4 Å². The Labute approximate surface area is 152 Å². The highest BCUT2D eigenvalue weighted by molar-refractivity contribution is 5.45. The molecule has 1 aromatic rings. The van der Waals surface area contributed by atoms with E-state index in [0.717, 1.165) is 36.7 Å². The average molecular weight is 332 g/mol. The average Bonchev–Trinajstić information content (AvgIpc) is 2.78. The van der Waals surface area contributed by atoms with Gasteiger partial charge in [-0.25, -0.2) is 0 Å². The first-order valence-electron chi connectivity index (χ1n) is 9.63. The van der Waals surface area contributed by atoms with Gasteiger partial charge in [-0.05, 0) is 79.0 Å². The Morgan fingerprint density at radius 3 is 2.60 bits per heavy atom. The molecule has 2 unspecified atom stereocenters. The van der Waals surface area contributed by atoms with E-state index in [2.05, 4.69) is 56.9 Å². The smallest absolute Gasteiger partial charge is 0.0994 e. The first kappa shape index (κ1) is 17.7. The molecule has 2 aliphatic rings. The predicted octanol–water partition coefficient (Wildman–Crippen LogP) is 6.47. The summed E-state index contributed by atoms with van der Waals surface area (Å²) in [7, 11) is 0. The zero-order valence-electron chi connectivity index (χ0n) is 15.6. The molecule has 0 saturated heterocycles. The van der Waals surface area contributed by atoms with Crippen LogP contribution in [0.3, 0.4) is 0 Å². The van der Waals surface area contributed by atoms with E-state index in [0.29, 0.717) is 5.92 Å². The lowest BCUT2D eigenvalue weighted by molar-refractivity contribution is 0.268. The summed E-state index contributed by atoms with van der Waals surface area (Å²) in [5.41, 5.74) is 5.91. The number of allylic oxidation sites excluding steroid dienone is 5. The topological polar surface area (TPSA) is 23.8 Å². The van der Waals surface area contributed by atoms with E-state index in [9.17, 15) is 5.26 Å². The normalized spacial score (nSPS) is 26.7. The standard InChI is InChI=1S/C24H29N/c1-17-5-4-6-20(8-7-17)14-24-15-21(9-10-22(24)16-25)23-12-18(2)11-19(3)13-23/h6-10,15,18-19,23H,1,4-5,11-14H2,2-3H3. The Morgan fingerprint density at radius 1 is 1.12 bits per heavy atom. The number of benzene rings is 1. The molecule has 1 saturated carbocycles. The van der Waals surface area contributed by atoms with Gasteiger partial charge in [0.05, 0.1) is 11.6 Å². The molecule has 1 nitrogen and oxygen atoms in total. The van der Waals surface area contributed by atoms with Crippen molar-refractivity contribution in [3.8, 4) is 6.07 Å². The summed E-state index contributed by atoms with van der Waals surface area (Å²) in [6, 6.07) is 8.92.